The van der Waals surface area contributed by atoms with Gasteiger partial charge in [-0.2, -0.15) is 0 Å². The Bertz CT molecular complexity index is 473. The van der Waals surface area contributed by atoms with E-state index in [0.717, 1.165) is 19.3 Å². The molecule has 4 heteroatoms. The van der Waals surface area contributed by atoms with Crippen molar-refractivity contribution in [1.82, 2.24) is 0 Å². The lowest BCUT2D eigenvalue weighted by atomic mass is 9.65. The van der Waals surface area contributed by atoms with Crippen molar-refractivity contribution in [1.29, 1.82) is 0 Å². The molecule has 2 N–H and O–H groups in total. The number of benzene rings is 1. The van der Waals surface area contributed by atoms with Gasteiger partial charge in [0.2, 0.25) is 0 Å². The smallest absolute Gasteiger partial charge is 0.143 e. The lowest BCUT2D eigenvalue weighted by molar-refractivity contribution is 0.161. The molecule has 1 aromatic rings. The van der Waals surface area contributed by atoms with E-state index in [0.29, 0.717) is 11.0 Å². The van der Waals surface area contributed by atoms with E-state index < -0.39 is 11.6 Å². The maximum absolute atomic E-state index is 14.3. The molecule has 1 fully saturated rings. The molecule has 0 radical (unpaired) electrons. The third-order valence-electron chi connectivity index (χ3n) is 4.29. The quantitative estimate of drug-likeness (QED) is 0.787. The van der Waals surface area contributed by atoms with Crippen LogP contribution >= 0.6 is 15.9 Å². The molecule has 0 heterocycles. The van der Waals surface area contributed by atoms with Crippen LogP contribution in [0.25, 0.3) is 0 Å². The second-order valence-electron chi connectivity index (χ2n) is 6.27. The van der Waals surface area contributed by atoms with Crippen molar-refractivity contribution < 1.29 is 8.78 Å². The minimum atomic E-state index is -0.471. The normalized spacial score (nSPS) is 26.4. The lowest BCUT2D eigenvalue weighted by Crippen LogP contribution is -2.33. The summed E-state index contributed by atoms with van der Waals surface area (Å²) in [5.74, 6) is -0.902. The molecular weight excluding hydrogens is 312 g/mol. The Hall–Kier alpha value is -0.480. The van der Waals surface area contributed by atoms with E-state index >= 15 is 0 Å². The summed E-state index contributed by atoms with van der Waals surface area (Å²) < 4.78 is 28.7. The molecule has 106 valence electrons. The van der Waals surface area contributed by atoms with Crippen molar-refractivity contribution in [3.05, 3.63) is 33.8 Å². The molecule has 2 unspecified atom stereocenters. The first-order valence-electron chi connectivity index (χ1n) is 6.69. The van der Waals surface area contributed by atoms with Crippen LogP contribution in [0.5, 0.6) is 0 Å². The molecule has 0 aromatic heterocycles. The monoisotopic (exact) mass is 331 g/mol. The van der Waals surface area contributed by atoms with E-state index in [1.54, 1.807) is 0 Å². The second-order valence-corrected chi connectivity index (χ2v) is 7.12. The Morgan fingerprint density at radius 1 is 1.37 bits per heavy atom. The van der Waals surface area contributed by atoms with Crippen molar-refractivity contribution in [2.75, 3.05) is 6.54 Å². The summed E-state index contributed by atoms with van der Waals surface area (Å²) in [6, 6.07) is 2.75. The molecule has 0 aliphatic heterocycles. The van der Waals surface area contributed by atoms with Gasteiger partial charge in [0.15, 0.2) is 0 Å². The topological polar surface area (TPSA) is 26.0 Å². The molecule has 0 amide bonds. The van der Waals surface area contributed by atoms with Crippen LogP contribution in [0.3, 0.4) is 0 Å². The Morgan fingerprint density at radius 2 is 2.05 bits per heavy atom. The molecule has 2 rings (SSSR count). The van der Waals surface area contributed by atoms with Crippen molar-refractivity contribution in [3.8, 4) is 0 Å². The summed E-state index contributed by atoms with van der Waals surface area (Å²) in [6.45, 7) is 4.78. The van der Waals surface area contributed by atoms with E-state index in [9.17, 15) is 8.78 Å². The van der Waals surface area contributed by atoms with Crippen LogP contribution in [0.2, 0.25) is 0 Å². The highest BCUT2D eigenvalue weighted by Gasteiger charge is 2.37. The minimum absolute atomic E-state index is 0.109. The Labute approximate surface area is 121 Å². The number of nitrogens with two attached hydrogens (primary N) is 1. The van der Waals surface area contributed by atoms with Gasteiger partial charge in [0, 0.05) is 5.56 Å². The van der Waals surface area contributed by atoms with Gasteiger partial charge in [-0.05, 0) is 71.1 Å². The molecule has 2 atom stereocenters. The molecule has 1 nitrogen and oxygen atoms in total. The molecule has 1 aliphatic rings. The summed E-state index contributed by atoms with van der Waals surface area (Å²) in [4.78, 5) is 0. The first-order chi connectivity index (χ1) is 8.85. The van der Waals surface area contributed by atoms with Gasteiger partial charge in [0.25, 0.3) is 0 Å². The van der Waals surface area contributed by atoms with Crippen LogP contribution in [-0.4, -0.2) is 6.54 Å². The van der Waals surface area contributed by atoms with Crippen molar-refractivity contribution >= 4 is 15.9 Å². The van der Waals surface area contributed by atoms with Gasteiger partial charge in [-0.15, -0.1) is 0 Å². The van der Waals surface area contributed by atoms with Crippen LogP contribution in [0.15, 0.2) is 16.6 Å². The average molecular weight is 332 g/mol. The zero-order valence-electron chi connectivity index (χ0n) is 11.3. The molecular formula is C15H20BrF2N. The average Bonchev–Trinajstić information content (AvgIpc) is 2.34. The van der Waals surface area contributed by atoms with Crippen LogP contribution in [0.4, 0.5) is 8.78 Å². The van der Waals surface area contributed by atoms with Crippen LogP contribution in [-0.2, 0) is 0 Å². The first kappa shape index (κ1) is 14.9. The Kier molecular flexibility index (Phi) is 4.31. The summed E-state index contributed by atoms with van der Waals surface area (Å²) in [6.07, 6.45) is 2.77. The fourth-order valence-corrected chi connectivity index (χ4v) is 3.49. The SMILES string of the molecule is CC1(C)CCC(CN)C(c2c(F)ccc(Br)c2F)C1. The number of hydrogen-bond acceptors (Lipinski definition) is 1. The van der Waals surface area contributed by atoms with Crippen LogP contribution < -0.4 is 5.73 Å². The van der Waals surface area contributed by atoms with E-state index in [-0.39, 0.29) is 22.8 Å². The van der Waals surface area contributed by atoms with E-state index in [4.69, 9.17) is 5.73 Å². The molecule has 1 aromatic carbocycles. The minimum Gasteiger partial charge on any atom is -0.330 e. The van der Waals surface area contributed by atoms with Crippen molar-refractivity contribution in [3.63, 3.8) is 0 Å². The van der Waals surface area contributed by atoms with Crippen LogP contribution in [0, 0.1) is 23.0 Å². The third kappa shape index (κ3) is 3.00. The van der Waals surface area contributed by atoms with Gasteiger partial charge in [0.1, 0.15) is 11.6 Å². The van der Waals surface area contributed by atoms with Gasteiger partial charge in [-0.25, -0.2) is 8.78 Å². The standard InChI is InChI=1S/C15H20BrF2N/c1-15(2)6-5-9(8-19)10(7-15)13-12(17)4-3-11(16)14(13)18/h3-4,9-10H,5-8,19H2,1-2H3. The summed E-state index contributed by atoms with van der Waals surface area (Å²) in [5.41, 5.74) is 6.12. The van der Waals surface area contributed by atoms with E-state index in [1.165, 1.54) is 12.1 Å². The van der Waals surface area contributed by atoms with Gasteiger partial charge in [-0.1, -0.05) is 13.8 Å². The number of halogens is 3. The second kappa shape index (κ2) is 5.49. The molecule has 0 saturated heterocycles. The fourth-order valence-electron chi connectivity index (χ4n) is 3.14. The maximum Gasteiger partial charge on any atom is 0.143 e. The van der Waals surface area contributed by atoms with Crippen molar-refractivity contribution in [2.45, 2.75) is 39.0 Å². The summed E-state index contributed by atoms with van der Waals surface area (Å²) in [7, 11) is 0. The summed E-state index contributed by atoms with van der Waals surface area (Å²) in [5, 5.41) is 0. The zero-order valence-corrected chi connectivity index (χ0v) is 12.9. The first-order valence-corrected chi connectivity index (χ1v) is 7.48. The molecule has 19 heavy (non-hydrogen) atoms. The fraction of sp³-hybridized carbons (Fsp3) is 0.600. The lowest BCUT2D eigenvalue weighted by Gasteiger charge is -2.41. The highest BCUT2D eigenvalue weighted by molar-refractivity contribution is 9.10. The van der Waals surface area contributed by atoms with Gasteiger partial charge < -0.3 is 5.73 Å². The Balaban J connectivity index is 2.45. The molecule has 1 saturated carbocycles. The molecule has 0 bridgehead atoms. The Morgan fingerprint density at radius 3 is 2.68 bits per heavy atom. The number of rotatable bonds is 2. The van der Waals surface area contributed by atoms with Gasteiger partial charge >= 0.3 is 0 Å². The highest BCUT2D eigenvalue weighted by atomic mass is 79.9. The van der Waals surface area contributed by atoms with E-state index in [2.05, 4.69) is 29.8 Å². The summed E-state index contributed by atoms with van der Waals surface area (Å²) >= 11 is 3.14. The number of hydrogen-bond donors (Lipinski definition) is 1. The molecule has 1 aliphatic carbocycles. The zero-order chi connectivity index (χ0) is 14.2. The van der Waals surface area contributed by atoms with Gasteiger partial charge in [0.05, 0.1) is 4.47 Å². The maximum atomic E-state index is 14.3. The predicted molar refractivity (Wildman–Crippen MR) is 77.0 cm³/mol. The predicted octanol–water partition coefficient (Wildman–Crippen LogP) is 4.60. The van der Waals surface area contributed by atoms with Gasteiger partial charge in [-0.3, -0.25) is 0 Å². The van der Waals surface area contributed by atoms with Crippen molar-refractivity contribution in [2.24, 2.45) is 17.1 Å². The highest BCUT2D eigenvalue weighted by Crippen LogP contribution is 2.48. The molecule has 0 spiro atoms. The van der Waals surface area contributed by atoms with Crippen LogP contribution in [0.1, 0.15) is 44.6 Å². The third-order valence-corrected chi connectivity index (χ3v) is 4.90. The largest absolute Gasteiger partial charge is 0.330 e. The van der Waals surface area contributed by atoms with E-state index in [1.807, 2.05) is 0 Å².